The van der Waals surface area contributed by atoms with Gasteiger partial charge in [-0.25, -0.2) is 0 Å². The molecule has 0 rings (SSSR count). The van der Waals surface area contributed by atoms with Crippen molar-refractivity contribution in [3.8, 4) is 49.4 Å². The number of Topliss-reactive ketones (excluding diaryl/α,β-unsaturated/α-hetero) is 2. The van der Waals surface area contributed by atoms with E-state index in [9.17, 15) is 19.2 Å². The number of nitrogens with one attached hydrogen (secondary N) is 1. The zero-order valence-corrected chi connectivity index (χ0v) is 22.7. The van der Waals surface area contributed by atoms with Crippen LogP contribution in [0.15, 0.2) is 0 Å². The molecule has 0 heterocycles. The predicted molar refractivity (Wildman–Crippen MR) is 143 cm³/mol. The third kappa shape index (κ3) is 32.8. The lowest BCUT2D eigenvalue weighted by atomic mass is 10.1. The molecule has 0 aliphatic heterocycles. The third-order valence-electron chi connectivity index (χ3n) is 3.68. The van der Waals surface area contributed by atoms with E-state index >= 15 is 0 Å². The van der Waals surface area contributed by atoms with Crippen molar-refractivity contribution in [1.29, 1.82) is 0 Å². The van der Waals surface area contributed by atoms with E-state index in [-0.39, 0.29) is 47.1 Å². The first-order valence-corrected chi connectivity index (χ1v) is 11.5. The molecule has 0 unspecified atom stereocenters. The van der Waals surface area contributed by atoms with Crippen molar-refractivity contribution in [2.24, 2.45) is 23.7 Å². The summed E-state index contributed by atoms with van der Waals surface area (Å²) in [5, 5.41) is 2.56. The number of ether oxygens (including phenoxy) is 1. The fourth-order valence-corrected chi connectivity index (χ4v) is 1.37. The van der Waals surface area contributed by atoms with Crippen LogP contribution in [0.3, 0.4) is 0 Å². The molecule has 0 fully saturated rings. The van der Waals surface area contributed by atoms with Gasteiger partial charge in [-0.15, -0.1) is 37.5 Å². The van der Waals surface area contributed by atoms with Crippen molar-refractivity contribution in [1.82, 2.24) is 5.32 Å². The van der Waals surface area contributed by atoms with Crippen molar-refractivity contribution in [3.63, 3.8) is 0 Å². The van der Waals surface area contributed by atoms with Crippen LogP contribution in [0.1, 0.15) is 74.7 Å². The molecule has 0 aliphatic carbocycles. The summed E-state index contributed by atoms with van der Waals surface area (Å²) in [6.07, 6.45) is 21.2. The molecule has 0 spiro atoms. The van der Waals surface area contributed by atoms with E-state index in [1.54, 1.807) is 27.7 Å². The Hall–Kier alpha value is -3.48. The quantitative estimate of drug-likeness (QED) is 0.230. The first-order chi connectivity index (χ1) is 16.2. The minimum atomic E-state index is -0.185. The highest BCUT2D eigenvalue weighted by atomic mass is 16.5. The first kappa shape index (κ1) is 38.8. The first-order valence-electron chi connectivity index (χ1n) is 11.5. The summed E-state index contributed by atoms with van der Waals surface area (Å²) in [4.78, 5) is 42.5. The fraction of sp³-hybridized carbons (Fsp3) is 0.586. The largest absolute Gasteiger partial charge is 0.464 e. The van der Waals surface area contributed by atoms with Crippen LogP contribution in [0.2, 0.25) is 0 Å². The Morgan fingerprint density at radius 3 is 1.51 bits per heavy atom. The second kappa shape index (κ2) is 26.8. The highest BCUT2D eigenvalue weighted by Crippen LogP contribution is 2.00. The fourth-order valence-electron chi connectivity index (χ4n) is 1.37. The Labute approximate surface area is 213 Å². The van der Waals surface area contributed by atoms with E-state index in [1.807, 2.05) is 33.6 Å². The molecule has 6 nitrogen and oxygen atoms in total. The Morgan fingerprint density at radius 1 is 0.714 bits per heavy atom. The smallest absolute Gasteiger partial charge is 0.308 e. The van der Waals surface area contributed by atoms with Gasteiger partial charge < -0.3 is 10.1 Å². The highest BCUT2D eigenvalue weighted by molar-refractivity contribution is 5.96. The van der Waals surface area contributed by atoms with Crippen LogP contribution < -0.4 is 5.32 Å². The molecule has 1 N–H and O–H groups in total. The van der Waals surface area contributed by atoms with Gasteiger partial charge in [-0.05, 0) is 5.92 Å². The summed E-state index contributed by atoms with van der Waals surface area (Å²) in [6.45, 7) is 15.2. The molecule has 0 atom stereocenters. The molecule has 194 valence electrons. The average Bonchev–Trinajstić information content (AvgIpc) is 2.81. The number of hydrogen-bond acceptors (Lipinski definition) is 5. The van der Waals surface area contributed by atoms with Gasteiger partial charge in [0.2, 0.25) is 11.7 Å². The minimum absolute atomic E-state index is 0.00736. The molecule has 0 aromatic heterocycles. The molecular weight excluding hydrogens is 442 g/mol. The monoisotopic (exact) mass is 485 g/mol. The van der Waals surface area contributed by atoms with Crippen LogP contribution in [-0.2, 0) is 23.9 Å². The number of rotatable bonds is 9. The summed E-state index contributed by atoms with van der Waals surface area (Å²) < 4.78 is 4.76. The number of amides is 1. The van der Waals surface area contributed by atoms with Gasteiger partial charge in [0.05, 0.1) is 12.5 Å². The van der Waals surface area contributed by atoms with Gasteiger partial charge >= 0.3 is 5.97 Å². The summed E-state index contributed by atoms with van der Waals surface area (Å²) in [5.74, 6) is 9.22. The molecule has 0 aromatic carbocycles. The molecular formula is C29H43NO5. The van der Waals surface area contributed by atoms with E-state index in [0.717, 1.165) is 0 Å². The Morgan fingerprint density at radius 2 is 1.23 bits per heavy atom. The molecule has 0 saturated carbocycles. The highest BCUT2D eigenvalue weighted by Gasteiger charge is 2.06. The van der Waals surface area contributed by atoms with Crippen LogP contribution in [0.4, 0.5) is 0 Å². The third-order valence-corrected chi connectivity index (χ3v) is 3.68. The van der Waals surface area contributed by atoms with E-state index < -0.39 is 0 Å². The standard InChI is InChI=1S/C8H12O2.C8H12O.C7H11NO.C6H8O/c1-4-5-6-10-8(9)7(2)3;1-4-5-6-8(9)7(2)3;1-4-5-8-7(9)6(2)3;1-4-6(7)5(2)3/h1,7H,5-6H2,2-3H3;1,7H,5-6H2,2-3H3;1,6H,5H2,2-3H3,(H,8,9);1,5H,2-3H3. The zero-order chi connectivity index (χ0) is 28.4. The molecule has 0 aromatic rings. The summed E-state index contributed by atoms with van der Waals surface area (Å²) in [7, 11) is 0. The SMILES string of the molecule is C#CC(=O)C(C)C.C#CCCC(=O)C(C)C.C#CCCOC(=O)C(C)C.C#CCNC(=O)C(C)C. The van der Waals surface area contributed by atoms with Crippen molar-refractivity contribution in [3.05, 3.63) is 0 Å². The Balaban J connectivity index is -0.000000184. The number of hydrogen-bond donors (Lipinski definition) is 1. The topological polar surface area (TPSA) is 89.5 Å². The van der Waals surface area contributed by atoms with Crippen molar-refractivity contribution in [2.75, 3.05) is 13.2 Å². The van der Waals surface area contributed by atoms with Gasteiger partial charge in [0.1, 0.15) is 12.4 Å². The van der Waals surface area contributed by atoms with Gasteiger partial charge in [0.25, 0.3) is 0 Å². The summed E-state index contributed by atoms with van der Waals surface area (Å²) in [5.41, 5.74) is 0. The molecule has 1 amide bonds. The van der Waals surface area contributed by atoms with Crippen molar-refractivity contribution >= 4 is 23.4 Å². The van der Waals surface area contributed by atoms with Crippen LogP contribution in [-0.4, -0.2) is 36.6 Å². The van der Waals surface area contributed by atoms with Gasteiger partial charge in [-0.3, -0.25) is 19.2 Å². The van der Waals surface area contributed by atoms with Gasteiger partial charge in [0.15, 0.2) is 0 Å². The van der Waals surface area contributed by atoms with Crippen LogP contribution in [0, 0.1) is 73.0 Å². The molecule has 0 saturated heterocycles. The van der Waals surface area contributed by atoms with Crippen molar-refractivity contribution in [2.45, 2.75) is 74.7 Å². The second-order valence-electron chi connectivity index (χ2n) is 8.34. The zero-order valence-electron chi connectivity index (χ0n) is 22.7. The predicted octanol–water partition coefficient (Wildman–Crippen LogP) is 4.07. The normalized spacial score (nSPS) is 8.80. The lowest BCUT2D eigenvalue weighted by Gasteiger charge is -2.03. The van der Waals surface area contributed by atoms with Gasteiger partial charge in [-0.2, -0.15) is 0 Å². The van der Waals surface area contributed by atoms with Crippen LogP contribution in [0.25, 0.3) is 0 Å². The number of carbonyl (C=O) groups excluding carboxylic acids is 4. The maximum Gasteiger partial charge on any atom is 0.308 e. The maximum absolute atomic E-state index is 10.8. The molecule has 35 heavy (non-hydrogen) atoms. The second-order valence-corrected chi connectivity index (χ2v) is 8.34. The van der Waals surface area contributed by atoms with Crippen molar-refractivity contribution < 1.29 is 23.9 Å². The maximum atomic E-state index is 10.8. The van der Waals surface area contributed by atoms with E-state index in [1.165, 1.54) is 0 Å². The number of esters is 1. The Kier molecular flexibility index (Phi) is 29.7. The molecule has 0 bridgehead atoms. The van der Waals surface area contributed by atoms with E-state index in [4.69, 9.17) is 30.4 Å². The Bertz CT molecular complexity index is 744. The summed E-state index contributed by atoms with van der Waals surface area (Å²) >= 11 is 0. The van der Waals surface area contributed by atoms with E-state index in [2.05, 4.69) is 23.1 Å². The van der Waals surface area contributed by atoms with Crippen LogP contribution >= 0.6 is 0 Å². The average molecular weight is 486 g/mol. The number of ketones is 2. The lowest BCUT2D eigenvalue weighted by Crippen LogP contribution is -2.27. The van der Waals surface area contributed by atoms with Gasteiger partial charge in [-0.1, -0.05) is 61.3 Å². The lowest BCUT2D eigenvalue weighted by molar-refractivity contribution is -0.147. The number of carbonyl (C=O) groups is 4. The van der Waals surface area contributed by atoms with Gasteiger partial charge in [0, 0.05) is 37.0 Å². The molecule has 0 aliphatic rings. The summed E-state index contributed by atoms with van der Waals surface area (Å²) in [6, 6.07) is 0. The molecule has 0 radical (unpaired) electrons. The van der Waals surface area contributed by atoms with E-state index in [0.29, 0.717) is 32.4 Å². The number of terminal acetylenes is 4. The molecule has 6 heteroatoms. The minimum Gasteiger partial charge on any atom is -0.464 e. The van der Waals surface area contributed by atoms with Crippen LogP contribution in [0.5, 0.6) is 0 Å².